The molecule has 0 spiro atoms. The first-order valence-corrected chi connectivity index (χ1v) is 7.86. The van der Waals surface area contributed by atoms with Crippen LogP contribution in [0, 0.1) is 0 Å². The molecular formula is C16H19N3O4. The molecule has 0 aliphatic carbocycles. The molecule has 3 atom stereocenters. The molecular weight excluding hydrogens is 298 g/mol. The lowest BCUT2D eigenvalue weighted by atomic mass is 9.99. The van der Waals surface area contributed by atoms with E-state index in [1.165, 1.54) is 23.0 Å². The Labute approximate surface area is 132 Å². The number of aliphatic hydroxyl groups is 1. The standard InChI is InChI=1S/C16H19N3O4/c20-10-3-4-12-11(6-10)15(21)19(9-18-12)8-16(22)7-13-14(23-16)2-1-5-17-13/h3-4,6,9,13-14,17,20,22H,1-2,5,7-8H2/t13-,14-,16?/m0/s1. The van der Waals surface area contributed by atoms with E-state index in [9.17, 15) is 15.0 Å². The summed E-state index contributed by atoms with van der Waals surface area (Å²) >= 11 is 0. The van der Waals surface area contributed by atoms with Crippen LogP contribution >= 0.6 is 0 Å². The highest BCUT2D eigenvalue weighted by Gasteiger charge is 2.46. The number of rotatable bonds is 2. The van der Waals surface area contributed by atoms with Crippen molar-refractivity contribution in [3.63, 3.8) is 0 Å². The molecule has 2 fully saturated rings. The van der Waals surface area contributed by atoms with Crippen LogP contribution in [0.1, 0.15) is 19.3 Å². The Bertz CT molecular complexity index is 790. The summed E-state index contributed by atoms with van der Waals surface area (Å²) in [6.07, 6.45) is 3.79. The Kier molecular flexibility index (Phi) is 3.37. The molecule has 0 amide bonds. The summed E-state index contributed by atoms with van der Waals surface area (Å²) in [6.45, 7) is 0.955. The van der Waals surface area contributed by atoms with Crippen LogP contribution in [0.3, 0.4) is 0 Å². The van der Waals surface area contributed by atoms with Crippen LogP contribution < -0.4 is 10.9 Å². The third kappa shape index (κ3) is 2.60. The Morgan fingerprint density at radius 1 is 1.48 bits per heavy atom. The van der Waals surface area contributed by atoms with E-state index < -0.39 is 5.79 Å². The Morgan fingerprint density at radius 3 is 3.17 bits per heavy atom. The van der Waals surface area contributed by atoms with Crippen LogP contribution in [0.5, 0.6) is 5.75 Å². The lowest BCUT2D eigenvalue weighted by Gasteiger charge is -2.25. The molecule has 7 nitrogen and oxygen atoms in total. The minimum absolute atomic E-state index is 0.0121. The van der Waals surface area contributed by atoms with E-state index in [1.54, 1.807) is 6.07 Å². The first-order valence-electron chi connectivity index (χ1n) is 7.86. The summed E-state index contributed by atoms with van der Waals surface area (Å²) in [6, 6.07) is 4.60. The van der Waals surface area contributed by atoms with Gasteiger partial charge in [-0.15, -0.1) is 0 Å². The van der Waals surface area contributed by atoms with E-state index in [1.807, 2.05) is 0 Å². The third-order valence-corrected chi connectivity index (χ3v) is 4.66. The molecule has 3 N–H and O–H groups in total. The minimum atomic E-state index is -1.37. The van der Waals surface area contributed by atoms with Crippen molar-refractivity contribution in [2.45, 2.75) is 43.7 Å². The second-order valence-corrected chi connectivity index (χ2v) is 6.39. The molecule has 122 valence electrons. The maximum absolute atomic E-state index is 12.6. The number of ether oxygens (including phenoxy) is 1. The molecule has 0 bridgehead atoms. The van der Waals surface area contributed by atoms with E-state index >= 15 is 0 Å². The number of nitrogens with zero attached hydrogens (tertiary/aromatic N) is 2. The highest BCUT2D eigenvalue weighted by Crippen LogP contribution is 2.33. The predicted octanol–water partition coefficient (Wildman–Crippen LogP) is 0.332. The second kappa shape index (κ2) is 5.30. The van der Waals surface area contributed by atoms with Gasteiger partial charge in [0.1, 0.15) is 5.75 Å². The van der Waals surface area contributed by atoms with Crippen molar-refractivity contribution in [1.82, 2.24) is 14.9 Å². The first-order chi connectivity index (χ1) is 11.0. The average molecular weight is 317 g/mol. The van der Waals surface area contributed by atoms with Gasteiger partial charge in [-0.1, -0.05) is 0 Å². The van der Waals surface area contributed by atoms with Crippen molar-refractivity contribution >= 4 is 10.9 Å². The van der Waals surface area contributed by atoms with Gasteiger partial charge >= 0.3 is 0 Å². The van der Waals surface area contributed by atoms with Gasteiger partial charge in [-0.05, 0) is 37.6 Å². The number of piperidine rings is 1. The predicted molar refractivity (Wildman–Crippen MR) is 83.1 cm³/mol. The number of phenols is 1. The second-order valence-electron chi connectivity index (χ2n) is 6.39. The fourth-order valence-corrected chi connectivity index (χ4v) is 3.57. The number of hydrogen-bond donors (Lipinski definition) is 3. The monoisotopic (exact) mass is 317 g/mol. The molecule has 7 heteroatoms. The summed E-state index contributed by atoms with van der Waals surface area (Å²) in [5, 5.41) is 24.0. The van der Waals surface area contributed by atoms with E-state index in [0.717, 1.165) is 19.4 Å². The maximum Gasteiger partial charge on any atom is 0.261 e. The summed E-state index contributed by atoms with van der Waals surface area (Å²) in [4.78, 5) is 16.8. The molecule has 2 aromatic rings. The molecule has 0 radical (unpaired) electrons. The zero-order valence-corrected chi connectivity index (χ0v) is 12.6. The highest BCUT2D eigenvalue weighted by molar-refractivity contribution is 5.78. The van der Waals surface area contributed by atoms with E-state index in [4.69, 9.17) is 4.74 Å². The molecule has 0 saturated carbocycles. The van der Waals surface area contributed by atoms with Crippen LogP contribution in [-0.4, -0.2) is 44.2 Å². The third-order valence-electron chi connectivity index (χ3n) is 4.66. The Balaban J connectivity index is 1.65. The number of benzene rings is 1. The molecule has 1 unspecified atom stereocenters. The summed E-state index contributed by atoms with van der Waals surface area (Å²) in [5.74, 6) is -1.36. The van der Waals surface area contributed by atoms with Gasteiger partial charge in [-0.25, -0.2) is 4.98 Å². The van der Waals surface area contributed by atoms with Gasteiger partial charge in [0.25, 0.3) is 5.56 Å². The van der Waals surface area contributed by atoms with Gasteiger partial charge in [0.15, 0.2) is 5.79 Å². The van der Waals surface area contributed by atoms with Gasteiger partial charge in [-0.3, -0.25) is 9.36 Å². The van der Waals surface area contributed by atoms with Crippen LogP contribution in [-0.2, 0) is 11.3 Å². The van der Waals surface area contributed by atoms with Gasteiger partial charge in [0.05, 0.1) is 29.9 Å². The van der Waals surface area contributed by atoms with E-state index in [0.29, 0.717) is 17.3 Å². The normalized spacial score (nSPS) is 30.5. The smallest absolute Gasteiger partial charge is 0.261 e. The SMILES string of the molecule is O=c1c2cc(O)ccc2ncn1CC1(O)C[C@@H]2NCCC[C@@H]2O1. The summed E-state index contributed by atoms with van der Waals surface area (Å²) in [7, 11) is 0. The molecule has 2 aliphatic heterocycles. The van der Waals surface area contributed by atoms with E-state index in [2.05, 4.69) is 10.3 Å². The van der Waals surface area contributed by atoms with Crippen molar-refractivity contribution in [1.29, 1.82) is 0 Å². The average Bonchev–Trinajstić information content (AvgIpc) is 2.86. The number of fused-ring (bicyclic) bond motifs is 2. The Morgan fingerprint density at radius 2 is 2.35 bits per heavy atom. The van der Waals surface area contributed by atoms with Crippen LogP contribution in [0.2, 0.25) is 0 Å². The number of hydrogen-bond acceptors (Lipinski definition) is 6. The van der Waals surface area contributed by atoms with Gasteiger partial charge in [0.2, 0.25) is 0 Å². The van der Waals surface area contributed by atoms with Crippen LogP contribution in [0.25, 0.3) is 10.9 Å². The highest BCUT2D eigenvalue weighted by atomic mass is 16.6. The maximum atomic E-state index is 12.6. The van der Waals surface area contributed by atoms with Crippen molar-refractivity contribution in [2.24, 2.45) is 0 Å². The summed E-state index contributed by atoms with van der Waals surface area (Å²) in [5.41, 5.74) is 0.212. The molecule has 23 heavy (non-hydrogen) atoms. The number of nitrogens with one attached hydrogen (secondary N) is 1. The van der Waals surface area contributed by atoms with Crippen molar-refractivity contribution < 1.29 is 14.9 Å². The molecule has 2 aliphatic rings. The van der Waals surface area contributed by atoms with Crippen molar-refractivity contribution in [2.75, 3.05) is 6.54 Å². The zero-order valence-electron chi connectivity index (χ0n) is 12.6. The van der Waals surface area contributed by atoms with Gasteiger partial charge < -0.3 is 20.3 Å². The lowest BCUT2D eigenvalue weighted by molar-refractivity contribution is -0.202. The first kappa shape index (κ1) is 14.6. The molecule has 4 rings (SSSR count). The molecule has 3 heterocycles. The van der Waals surface area contributed by atoms with E-state index in [-0.39, 0.29) is 30.0 Å². The molecule has 1 aromatic carbocycles. The minimum Gasteiger partial charge on any atom is -0.508 e. The van der Waals surface area contributed by atoms with Gasteiger partial charge in [-0.2, -0.15) is 0 Å². The quantitative estimate of drug-likeness (QED) is 0.739. The number of phenolic OH excluding ortho intramolecular Hbond substituents is 1. The Hall–Kier alpha value is -1.96. The van der Waals surface area contributed by atoms with Gasteiger partial charge in [0, 0.05) is 12.5 Å². The number of aromatic nitrogens is 2. The van der Waals surface area contributed by atoms with Crippen molar-refractivity contribution in [3.05, 3.63) is 34.9 Å². The number of aromatic hydroxyl groups is 1. The lowest BCUT2D eigenvalue weighted by Crippen LogP contribution is -2.41. The summed E-state index contributed by atoms with van der Waals surface area (Å²) < 4.78 is 7.15. The fraction of sp³-hybridized carbons (Fsp3) is 0.500. The topological polar surface area (TPSA) is 96.6 Å². The molecule has 1 aromatic heterocycles. The van der Waals surface area contributed by atoms with Crippen LogP contribution in [0.4, 0.5) is 0 Å². The zero-order chi connectivity index (χ0) is 16.0. The van der Waals surface area contributed by atoms with Crippen molar-refractivity contribution in [3.8, 4) is 5.75 Å². The fourth-order valence-electron chi connectivity index (χ4n) is 3.57. The largest absolute Gasteiger partial charge is 0.508 e. The van der Waals surface area contributed by atoms with Crippen LogP contribution in [0.15, 0.2) is 29.3 Å². The molecule has 2 saturated heterocycles.